The molecule has 4 amide bonds. The molecule has 12 heteroatoms. The van der Waals surface area contributed by atoms with Crippen molar-refractivity contribution in [2.75, 3.05) is 25.0 Å². The highest BCUT2D eigenvalue weighted by Crippen LogP contribution is 2.27. The van der Waals surface area contributed by atoms with Crippen LogP contribution < -0.4 is 10.6 Å². The van der Waals surface area contributed by atoms with E-state index in [1.165, 1.54) is 16.2 Å². The minimum atomic E-state index is -0.622. The SMILES string of the molecule is CC(C)(C)OC(=O)N1CCC(NC(=O)c2ccc(-c3csc(NC(=O)[C@@H]4CCCN4C(=O)OCc4ccccc4)n3)cc2)CC1. The van der Waals surface area contributed by atoms with Gasteiger partial charge >= 0.3 is 12.2 Å². The van der Waals surface area contributed by atoms with Gasteiger partial charge in [0.1, 0.15) is 18.2 Å². The van der Waals surface area contributed by atoms with Gasteiger partial charge in [0.2, 0.25) is 5.91 Å². The Morgan fingerprint density at radius 1 is 0.933 bits per heavy atom. The molecule has 3 aromatic rings. The highest BCUT2D eigenvalue weighted by molar-refractivity contribution is 7.14. The Morgan fingerprint density at radius 2 is 1.64 bits per heavy atom. The van der Waals surface area contributed by atoms with Gasteiger partial charge in [-0.2, -0.15) is 0 Å². The van der Waals surface area contributed by atoms with Crippen LogP contribution in [0, 0.1) is 0 Å². The molecule has 2 aliphatic rings. The number of piperidine rings is 1. The number of anilines is 1. The third-order valence-electron chi connectivity index (χ3n) is 7.65. The topological polar surface area (TPSA) is 130 Å². The number of nitrogens with zero attached hydrogens (tertiary/aromatic N) is 3. The van der Waals surface area contributed by atoms with Crippen molar-refractivity contribution in [1.29, 1.82) is 0 Å². The smallest absolute Gasteiger partial charge is 0.410 e. The van der Waals surface area contributed by atoms with Gasteiger partial charge in [0.15, 0.2) is 5.13 Å². The number of benzene rings is 2. The largest absolute Gasteiger partial charge is 0.445 e. The molecule has 2 N–H and O–H groups in total. The van der Waals surface area contributed by atoms with Crippen molar-refractivity contribution < 1.29 is 28.7 Å². The lowest BCUT2D eigenvalue weighted by atomic mass is 10.0. The molecule has 0 radical (unpaired) electrons. The van der Waals surface area contributed by atoms with Crippen LogP contribution in [0.3, 0.4) is 0 Å². The van der Waals surface area contributed by atoms with E-state index in [-0.39, 0.29) is 30.6 Å². The van der Waals surface area contributed by atoms with Crippen molar-refractivity contribution in [2.24, 2.45) is 0 Å². The second-order valence-corrected chi connectivity index (χ2v) is 13.1. The Hall–Kier alpha value is -4.45. The number of hydrogen-bond donors (Lipinski definition) is 2. The minimum Gasteiger partial charge on any atom is -0.445 e. The zero-order chi connectivity index (χ0) is 32.0. The number of nitrogens with one attached hydrogen (secondary N) is 2. The van der Waals surface area contributed by atoms with E-state index in [1.54, 1.807) is 17.0 Å². The van der Waals surface area contributed by atoms with Crippen LogP contribution in [-0.2, 0) is 20.9 Å². The van der Waals surface area contributed by atoms with Crippen molar-refractivity contribution in [3.63, 3.8) is 0 Å². The highest BCUT2D eigenvalue weighted by atomic mass is 32.1. The van der Waals surface area contributed by atoms with Gasteiger partial charge in [-0.25, -0.2) is 14.6 Å². The molecule has 2 saturated heterocycles. The van der Waals surface area contributed by atoms with E-state index in [0.29, 0.717) is 61.7 Å². The highest BCUT2D eigenvalue weighted by Gasteiger charge is 2.35. The van der Waals surface area contributed by atoms with Crippen LogP contribution in [-0.4, -0.2) is 76.1 Å². The molecule has 0 saturated carbocycles. The summed E-state index contributed by atoms with van der Waals surface area (Å²) in [5, 5.41) is 8.18. The van der Waals surface area contributed by atoms with E-state index in [4.69, 9.17) is 9.47 Å². The normalized spacial score (nSPS) is 17.1. The van der Waals surface area contributed by atoms with Gasteiger partial charge in [0.25, 0.3) is 5.91 Å². The quantitative estimate of drug-likeness (QED) is 0.343. The van der Waals surface area contributed by atoms with Gasteiger partial charge in [0.05, 0.1) is 5.69 Å². The van der Waals surface area contributed by atoms with E-state index < -0.39 is 17.7 Å². The number of likely N-dealkylation sites (tertiary alicyclic amines) is 2. The molecule has 2 aromatic carbocycles. The van der Waals surface area contributed by atoms with E-state index in [0.717, 1.165) is 11.1 Å². The summed E-state index contributed by atoms with van der Waals surface area (Å²) in [4.78, 5) is 58.7. The van der Waals surface area contributed by atoms with Crippen LogP contribution in [0.25, 0.3) is 11.3 Å². The maximum atomic E-state index is 13.1. The third kappa shape index (κ3) is 8.59. The van der Waals surface area contributed by atoms with E-state index in [2.05, 4.69) is 15.6 Å². The maximum absolute atomic E-state index is 13.1. The molecule has 2 aliphatic heterocycles. The molecule has 0 unspecified atom stereocenters. The van der Waals surface area contributed by atoms with Crippen molar-refractivity contribution >= 4 is 40.5 Å². The number of carbonyl (C=O) groups excluding carboxylic acids is 4. The van der Waals surface area contributed by atoms with Crippen molar-refractivity contribution in [3.05, 3.63) is 71.1 Å². The molecular formula is C33H39N5O6S. The zero-order valence-electron chi connectivity index (χ0n) is 25.8. The number of rotatable bonds is 7. The Morgan fingerprint density at radius 3 is 2.33 bits per heavy atom. The summed E-state index contributed by atoms with van der Waals surface area (Å²) in [5.74, 6) is -0.471. The molecule has 238 valence electrons. The first-order chi connectivity index (χ1) is 21.6. The summed E-state index contributed by atoms with van der Waals surface area (Å²) < 4.78 is 10.9. The molecule has 11 nitrogen and oxygen atoms in total. The number of hydrogen-bond acceptors (Lipinski definition) is 8. The number of aromatic nitrogens is 1. The lowest BCUT2D eigenvalue weighted by molar-refractivity contribution is -0.120. The van der Waals surface area contributed by atoms with Crippen LogP contribution in [0.5, 0.6) is 0 Å². The van der Waals surface area contributed by atoms with E-state index in [1.807, 2.05) is 68.6 Å². The first-order valence-electron chi connectivity index (χ1n) is 15.2. The lowest BCUT2D eigenvalue weighted by Gasteiger charge is -2.33. The first kappa shape index (κ1) is 32.0. The minimum absolute atomic E-state index is 0.0258. The third-order valence-corrected chi connectivity index (χ3v) is 8.41. The van der Waals surface area contributed by atoms with Crippen molar-refractivity contribution in [2.45, 2.75) is 70.7 Å². The Balaban J connectivity index is 1.10. The van der Waals surface area contributed by atoms with Crippen LogP contribution in [0.2, 0.25) is 0 Å². The summed E-state index contributed by atoms with van der Waals surface area (Å²) in [7, 11) is 0. The zero-order valence-corrected chi connectivity index (χ0v) is 26.6. The van der Waals surface area contributed by atoms with Gasteiger partial charge < -0.3 is 25.0 Å². The summed E-state index contributed by atoms with van der Waals surface area (Å²) in [6.45, 7) is 7.18. The fraction of sp³-hybridized carbons (Fsp3) is 0.424. The summed E-state index contributed by atoms with van der Waals surface area (Å²) in [5.41, 5.74) is 2.34. The van der Waals surface area contributed by atoms with Crippen molar-refractivity contribution in [3.8, 4) is 11.3 Å². The predicted molar refractivity (Wildman–Crippen MR) is 171 cm³/mol. The van der Waals surface area contributed by atoms with Gasteiger partial charge in [-0.1, -0.05) is 42.5 Å². The average molecular weight is 634 g/mol. The average Bonchev–Trinajstić information content (AvgIpc) is 3.70. The second kappa shape index (κ2) is 14.1. The maximum Gasteiger partial charge on any atom is 0.410 e. The molecule has 0 spiro atoms. The molecule has 3 heterocycles. The fourth-order valence-corrected chi connectivity index (χ4v) is 6.03. The van der Waals surface area contributed by atoms with Gasteiger partial charge in [0, 0.05) is 42.2 Å². The van der Waals surface area contributed by atoms with Crippen molar-refractivity contribution in [1.82, 2.24) is 20.1 Å². The predicted octanol–water partition coefficient (Wildman–Crippen LogP) is 5.68. The van der Waals surface area contributed by atoms with Gasteiger partial charge in [-0.05, 0) is 64.2 Å². The molecule has 45 heavy (non-hydrogen) atoms. The first-order valence-corrected chi connectivity index (χ1v) is 16.1. The van der Waals surface area contributed by atoms with Crippen LogP contribution >= 0.6 is 11.3 Å². The van der Waals surface area contributed by atoms with Gasteiger partial charge in [-0.3, -0.25) is 14.5 Å². The molecule has 5 rings (SSSR count). The second-order valence-electron chi connectivity index (χ2n) is 12.2. The molecular weight excluding hydrogens is 594 g/mol. The molecule has 2 fully saturated rings. The summed E-state index contributed by atoms with van der Waals surface area (Å²) >= 11 is 1.29. The van der Waals surface area contributed by atoms with Crippen LogP contribution in [0.15, 0.2) is 60.0 Å². The van der Waals surface area contributed by atoms with Gasteiger partial charge in [-0.15, -0.1) is 11.3 Å². The molecule has 0 bridgehead atoms. The lowest BCUT2D eigenvalue weighted by Crippen LogP contribution is -2.47. The Bertz CT molecular complexity index is 1500. The number of amides is 4. The van der Waals surface area contributed by atoms with Crippen LogP contribution in [0.4, 0.5) is 14.7 Å². The number of thiazole rings is 1. The fourth-order valence-electron chi connectivity index (χ4n) is 5.31. The Labute approximate surface area is 266 Å². The molecule has 1 atom stereocenters. The summed E-state index contributed by atoms with van der Waals surface area (Å²) in [6, 6.07) is 15.9. The molecule has 1 aromatic heterocycles. The van der Waals surface area contributed by atoms with Crippen LogP contribution in [0.1, 0.15) is 62.4 Å². The molecule has 0 aliphatic carbocycles. The van der Waals surface area contributed by atoms with E-state index in [9.17, 15) is 19.2 Å². The number of carbonyl (C=O) groups is 4. The number of ether oxygens (including phenoxy) is 2. The van der Waals surface area contributed by atoms with E-state index >= 15 is 0 Å². The Kier molecular flexibility index (Phi) is 10.0. The summed E-state index contributed by atoms with van der Waals surface area (Å²) in [6.07, 6.45) is 1.75. The monoisotopic (exact) mass is 633 g/mol. The standard InChI is InChI=1S/C33H39N5O6S/c1-33(2,3)44-31(41)37-18-15-25(16-19-37)34-28(39)24-13-11-23(12-14-24)26-21-45-30(35-26)36-29(40)27-10-7-17-38(27)32(42)43-20-22-8-5-4-6-9-22/h4-6,8-9,11-14,21,25,27H,7,10,15-20H2,1-3H3,(H,34,39)(H,35,36,40)/t27-/m0/s1.